The van der Waals surface area contributed by atoms with Crippen LogP contribution in [0.25, 0.3) is 12.2 Å². The van der Waals surface area contributed by atoms with Gasteiger partial charge >= 0.3 is 5.97 Å². The highest BCUT2D eigenvalue weighted by molar-refractivity contribution is 5.92. The lowest BCUT2D eigenvalue weighted by atomic mass is 10.1. The van der Waals surface area contributed by atoms with E-state index in [1.807, 2.05) is 36.4 Å². The van der Waals surface area contributed by atoms with Crippen molar-refractivity contribution < 1.29 is 9.90 Å². The van der Waals surface area contributed by atoms with Crippen LogP contribution in [-0.4, -0.2) is 21.0 Å². The second-order valence-electron chi connectivity index (χ2n) is 3.37. The molecule has 4 nitrogen and oxygen atoms in total. The minimum atomic E-state index is -1.03. The smallest absolute Gasteiger partial charge is 0.339 e. The number of benzene rings is 1. The van der Waals surface area contributed by atoms with Crippen molar-refractivity contribution in [2.75, 3.05) is 0 Å². The van der Waals surface area contributed by atoms with E-state index in [9.17, 15) is 4.79 Å². The van der Waals surface area contributed by atoms with E-state index in [4.69, 9.17) is 5.11 Å². The topological polar surface area (TPSA) is 63.1 Å². The van der Waals surface area contributed by atoms with Crippen molar-refractivity contribution in [3.05, 3.63) is 59.7 Å². The molecule has 0 saturated carbocycles. The molecule has 0 unspecified atom stereocenters. The fourth-order valence-electron chi connectivity index (χ4n) is 1.38. The zero-order chi connectivity index (χ0) is 12.1. The van der Waals surface area contributed by atoms with Gasteiger partial charge in [0.1, 0.15) is 11.9 Å². The third kappa shape index (κ3) is 2.75. The summed E-state index contributed by atoms with van der Waals surface area (Å²) in [7, 11) is 0. The molecule has 0 saturated heterocycles. The molecule has 0 spiro atoms. The Morgan fingerprint density at radius 2 is 1.94 bits per heavy atom. The molecule has 0 amide bonds. The molecule has 0 aliphatic rings. The summed E-state index contributed by atoms with van der Waals surface area (Å²) in [6.07, 6.45) is 6.10. The number of aromatic nitrogens is 2. The van der Waals surface area contributed by atoms with Crippen molar-refractivity contribution in [2.45, 2.75) is 0 Å². The van der Waals surface area contributed by atoms with Gasteiger partial charge in [0.15, 0.2) is 0 Å². The number of carbonyl (C=O) groups is 1. The summed E-state index contributed by atoms with van der Waals surface area (Å²) in [6, 6.07) is 9.61. The van der Waals surface area contributed by atoms with E-state index in [1.165, 1.54) is 12.5 Å². The van der Waals surface area contributed by atoms with Crippen LogP contribution in [0.15, 0.2) is 42.9 Å². The van der Waals surface area contributed by atoms with E-state index in [0.29, 0.717) is 5.69 Å². The van der Waals surface area contributed by atoms with Crippen LogP contribution in [0.4, 0.5) is 0 Å². The molecule has 0 aliphatic carbocycles. The predicted octanol–water partition coefficient (Wildman–Crippen LogP) is 2.35. The molecule has 2 aromatic rings. The van der Waals surface area contributed by atoms with Crippen molar-refractivity contribution in [3.8, 4) is 0 Å². The van der Waals surface area contributed by atoms with Crippen molar-refractivity contribution in [1.29, 1.82) is 0 Å². The molecule has 84 valence electrons. The van der Waals surface area contributed by atoms with Crippen LogP contribution >= 0.6 is 0 Å². The van der Waals surface area contributed by atoms with Gasteiger partial charge in [0.2, 0.25) is 0 Å². The zero-order valence-corrected chi connectivity index (χ0v) is 8.95. The third-order valence-corrected chi connectivity index (χ3v) is 2.21. The number of hydrogen-bond donors (Lipinski definition) is 1. The largest absolute Gasteiger partial charge is 0.478 e. The van der Waals surface area contributed by atoms with E-state index < -0.39 is 5.97 Å². The number of hydrogen-bond acceptors (Lipinski definition) is 3. The van der Waals surface area contributed by atoms with Gasteiger partial charge in [-0.1, -0.05) is 36.4 Å². The van der Waals surface area contributed by atoms with Crippen molar-refractivity contribution in [1.82, 2.24) is 9.97 Å². The van der Waals surface area contributed by atoms with E-state index in [2.05, 4.69) is 9.97 Å². The van der Waals surface area contributed by atoms with Gasteiger partial charge in [0.25, 0.3) is 0 Å². The van der Waals surface area contributed by atoms with E-state index >= 15 is 0 Å². The second kappa shape index (κ2) is 5.03. The molecule has 1 aromatic carbocycles. The Morgan fingerprint density at radius 1 is 1.18 bits per heavy atom. The number of rotatable bonds is 3. The van der Waals surface area contributed by atoms with Crippen LogP contribution in [0.3, 0.4) is 0 Å². The van der Waals surface area contributed by atoms with Gasteiger partial charge in [-0.3, -0.25) is 0 Å². The number of carboxylic acids is 1. The van der Waals surface area contributed by atoms with Crippen LogP contribution < -0.4 is 0 Å². The lowest BCUT2D eigenvalue weighted by Crippen LogP contribution is -2.02. The Bertz CT molecular complexity index is 550. The van der Waals surface area contributed by atoms with E-state index in [-0.39, 0.29) is 5.56 Å². The predicted molar refractivity (Wildman–Crippen MR) is 64.4 cm³/mol. The monoisotopic (exact) mass is 226 g/mol. The SMILES string of the molecule is O=C(O)c1cncnc1/C=C/c1ccccc1. The minimum Gasteiger partial charge on any atom is -0.478 e. The molecular weight excluding hydrogens is 216 g/mol. The molecule has 1 heterocycles. The van der Waals surface area contributed by atoms with Crippen LogP contribution in [0.2, 0.25) is 0 Å². The van der Waals surface area contributed by atoms with Gasteiger partial charge < -0.3 is 5.11 Å². The summed E-state index contributed by atoms with van der Waals surface area (Å²) in [5, 5.41) is 8.95. The maximum atomic E-state index is 10.9. The van der Waals surface area contributed by atoms with Crippen molar-refractivity contribution >= 4 is 18.1 Å². The Balaban J connectivity index is 2.30. The van der Waals surface area contributed by atoms with Crippen LogP contribution in [-0.2, 0) is 0 Å². The zero-order valence-electron chi connectivity index (χ0n) is 8.95. The summed E-state index contributed by atoms with van der Waals surface area (Å²) in [5.74, 6) is -1.03. The highest BCUT2D eigenvalue weighted by Crippen LogP contribution is 2.09. The Kier molecular flexibility index (Phi) is 3.25. The van der Waals surface area contributed by atoms with Gasteiger partial charge in [0.05, 0.1) is 5.69 Å². The summed E-state index contributed by atoms with van der Waals surface area (Å²) < 4.78 is 0. The molecule has 0 aliphatic heterocycles. The lowest BCUT2D eigenvalue weighted by Gasteiger charge is -1.98. The summed E-state index contributed by atoms with van der Waals surface area (Å²) >= 11 is 0. The van der Waals surface area contributed by atoms with Gasteiger partial charge in [-0.15, -0.1) is 0 Å². The third-order valence-electron chi connectivity index (χ3n) is 2.21. The molecule has 0 radical (unpaired) electrons. The fraction of sp³-hybridized carbons (Fsp3) is 0. The summed E-state index contributed by atoms with van der Waals surface area (Å²) in [6.45, 7) is 0. The van der Waals surface area contributed by atoms with Crippen LogP contribution in [0.5, 0.6) is 0 Å². The first-order chi connectivity index (χ1) is 8.27. The molecule has 0 bridgehead atoms. The Morgan fingerprint density at radius 3 is 2.65 bits per heavy atom. The normalized spacial score (nSPS) is 10.6. The van der Waals surface area contributed by atoms with Crippen LogP contribution in [0.1, 0.15) is 21.6 Å². The molecular formula is C13H10N2O2. The lowest BCUT2D eigenvalue weighted by molar-refractivity contribution is 0.0695. The Hall–Kier alpha value is -2.49. The Labute approximate surface area is 98.3 Å². The quantitative estimate of drug-likeness (QED) is 0.872. The molecule has 17 heavy (non-hydrogen) atoms. The number of carboxylic acid groups (broad SMARTS) is 1. The van der Waals surface area contributed by atoms with Crippen molar-refractivity contribution in [2.24, 2.45) is 0 Å². The van der Waals surface area contributed by atoms with Gasteiger partial charge in [0, 0.05) is 6.20 Å². The average molecular weight is 226 g/mol. The molecule has 4 heteroatoms. The highest BCUT2D eigenvalue weighted by Gasteiger charge is 2.08. The summed E-state index contributed by atoms with van der Waals surface area (Å²) in [4.78, 5) is 18.6. The maximum absolute atomic E-state index is 10.9. The minimum absolute atomic E-state index is 0.0969. The molecule has 1 aromatic heterocycles. The van der Waals surface area contributed by atoms with Gasteiger partial charge in [-0.2, -0.15) is 0 Å². The number of nitrogens with zero attached hydrogens (tertiary/aromatic N) is 2. The standard InChI is InChI=1S/C13H10N2O2/c16-13(17)11-8-14-9-15-12(11)7-6-10-4-2-1-3-5-10/h1-9H,(H,16,17)/b7-6+. The summed E-state index contributed by atoms with van der Waals surface area (Å²) in [5.41, 5.74) is 1.48. The first-order valence-electron chi connectivity index (χ1n) is 5.04. The molecule has 1 N–H and O–H groups in total. The first-order valence-corrected chi connectivity index (χ1v) is 5.04. The van der Waals surface area contributed by atoms with Gasteiger partial charge in [-0.25, -0.2) is 14.8 Å². The first kappa shape index (κ1) is 11.0. The van der Waals surface area contributed by atoms with Crippen molar-refractivity contribution in [3.63, 3.8) is 0 Å². The second-order valence-corrected chi connectivity index (χ2v) is 3.37. The molecule has 2 rings (SSSR count). The van der Waals surface area contributed by atoms with Crippen LogP contribution in [0, 0.1) is 0 Å². The van der Waals surface area contributed by atoms with E-state index in [0.717, 1.165) is 5.56 Å². The van der Waals surface area contributed by atoms with E-state index in [1.54, 1.807) is 6.08 Å². The molecule has 0 fully saturated rings. The molecule has 0 atom stereocenters. The highest BCUT2D eigenvalue weighted by atomic mass is 16.4. The average Bonchev–Trinajstić information content (AvgIpc) is 2.38. The number of aromatic carboxylic acids is 1. The fourth-order valence-corrected chi connectivity index (χ4v) is 1.38. The van der Waals surface area contributed by atoms with Gasteiger partial charge in [-0.05, 0) is 11.6 Å². The maximum Gasteiger partial charge on any atom is 0.339 e.